The Hall–Kier alpha value is -1.19. The van der Waals surface area contributed by atoms with Gasteiger partial charge < -0.3 is 14.6 Å². The second kappa shape index (κ2) is 11.4. The van der Waals surface area contributed by atoms with E-state index in [1.807, 2.05) is 0 Å². The van der Waals surface area contributed by atoms with E-state index in [1.54, 1.807) is 0 Å². The molecule has 0 aliphatic carbocycles. The van der Waals surface area contributed by atoms with Gasteiger partial charge in [0.1, 0.15) is 0 Å². The third-order valence-corrected chi connectivity index (χ3v) is 4.19. The fourth-order valence-electron chi connectivity index (χ4n) is 1.87. The zero-order valence-electron chi connectivity index (χ0n) is 13.6. The number of carboxylic acid groups (broad SMARTS) is 1. The number of carbonyl (C=O) groups excluding carboxylic acids is 1. The Labute approximate surface area is 136 Å². The summed E-state index contributed by atoms with van der Waals surface area (Å²) in [7, 11) is -4.85. The van der Waals surface area contributed by atoms with Crippen molar-refractivity contribution in [3.05, 3.63) is 0 Å². The lowest BCUT2D eigenvalue weighted by Crippen LogP contribution is -2.36. The maximum Gasteiger partial charge on any atom is 0.329 e. The molecule has 0 saturated carbocycles. The molecule has 0 fully saturated rings. The number of hydrogen-bond acceptors (Lipinski definition) is 6. The Morgan fingerprint density at radius 2 is 1.65 bits per heavy atom. The average molecular weight is 354 g/mol. The number of hydrogen-bond donors (Lipinski definition) is 2. The fourth-order valence-corrected chi connectivity index (χ4v) is 2.53. The van der Waals surface area contributed by atoms with Gasteiger partial charge in [-0.25, -0.2) is 0 Å². The Bertz CT molecular complexity index is 459. The molecule has 0 aromatic heterocycles. The van der Waals surface area contributed by atoms with E-state index in [0.29, 0.717) is 6.61 Å². The van der Waals surface area contributed by atoms with E-state index in [-0.39, 0.29) is 0 Å². The summed E-state index contributed by atoms with van der Waals surface area (Å²) in [5.41, 5.74) is 0. The van der Waals surface area contributed by atoms with Crippen LogP contribution in [0.2, 0.25) is 0 Å². The first-order chi connectivity index (χ1) is 10.7. The standard InChI is InChI=1S/C14H26O8S/c1-3-4-5-6-7-8-9-21-11(2)22-14(17)12(10-13(15)16)23(18,19)20/h11-12H,3-10H2,1-2H3,(H,15,16)(H,18,19,20). The predicted molar refractivity (Wildman–Crippen MR) is 82.5 cm³/mol. The fraction of sp³-hybridized carbons (Fsp3) is 0.857. The van der Waals surface area contributed by atoms with E-state index in [0.717, 1.165) is 32.1 Å². The maximum absolute atomic E-state index is 11.6. The van der Waals surface area contributed by atoms with E-state index >= 15 is 0 Å². The largest absolute Gasteiger partial charge is 0.481 e. The molecule has 0 aliphatic rings. The van der Waals surface area contributed by atoms with E-state index in [1.165, 1.54) is 13.3 Å². The van der Waals surface area contributed by atoms with Crippen molar-refractivity contribution in [1.29, 1.82) is 0 Å². The lowest BCUT2D eigenvalue weighted by Gasteiger charge is -2.17. The van der Waals surface area contributed by atoms with Crippen molar-refractivity contribution in [3.8, 4) is 0 Å². The molecule has 0 heterocycles. The molecule has 9 heteroatoms. The molecule has 0 radical (unpaired) electrons. The molecule has 0 spiro atoms. The predicted octanol–water partition coefficient (Wildman–Crippen LogP) is 1.98. The summed E-state index contributed by atoms with van der Waals surface area (Å²) < 4.78 is 40.9. The number of ether oxygens (including phenoxy) is 2. The van der Waals surface area contributed by atoms with Crippen LogP contribution in [0.3, 0.4) is 0 Å². The van der Waals surface area contributed by atoms with Crippen LogP contribution in [-0.2, 0) is 29.2 Å². The number of aliphatic carboxylic acids is 1. The van der Waals surface area contributed by atoms with Gasteiger partial charge in [-0.2, -0.15) is 8.42 Å². The number of unbranched alkanes of at least 4 members (excludes halogenated alkanes) is 5. The van der Waals surface area contributed by atoms with Crippen molar-refractivity contribution >= 4 is 22.1 Å². The SMILES string of the molecule is CCCCCCCCOC(C)OC(=O)C(CC(=O)O)S(=O)(=O)O. The molecule has 0 amide bonds. The van der Waals surface area contributed by atoms with Crippen molar-refractivity contribution in [1.82, 2.24) is 0 Å². The highest BCUT2D eigenvalue weighted by atomic mass is 32.2. The summed E-state index contributed by atoms with van der Waals surface area (Å²) >= 11 is 0. The smallest absolute Gasteiger partial charge is 0.329 e. The van der Waals surface area contributed by atoms with E-state index in [2.05, 4.69) is 6.92 Å². The number of carboxylic acids is 1. The van der Waals surface area contributed by atoms with Crippen LogP contribution in [0.5, 0.6) is 0 Å². The van der Waals surface area contributed by atoms with Gasteiger partial charge in [-0.15, -0.1) is 0 Å². The summed E-state index contributed by atoms with van der Waals surface area (Å²) in [6.45, 7) is 3.87. The van der Waals surface area contributed by atoms with Crippen molar-refractivity contribution in [3.63, 3.8) is 0 Å². The molecule has 136 valence electrons. The second-order valence-corrected chi connectivity index (χ2v) is 6.84. The second-order valence-electron chi connectivity index (χ2n) is 5.24. The van der Waals surface area contributed by atoms with Crippen molar-refractivity contribution < 1.29 is 37.1 Å². The lowest BCUT2D eigenvalue weighted by molar-refractivity contribution is -0.175. The Morgan fingerprint density at radius 3 is 2.17 bits per heavy atom. The molecule has 0 saturated heterocycles. The number of esters is 1. The molecular formula is C14H26O8S. The zero-order valence-corrected chi connectivity index (χ0v) is 14.4. The highest BCUT2D eigenvalue weighted by Crippen LogP contribution is 2.10. The average Bonchev–Trinajstić information content (AvgIpc) is 2.42. The highest BCUT2D eigenvalue weighted by molar-refractivity contribution is 7.87. The minimum atomic E-state index is -4.85. The molecular weight excluding hydrogens is 328 g/mol. The number of carbonyl (C=O) groups is 2. The van der Waals surface area contributed by atoms with Crippen LogP contribution < -0.4 is 0 Å². The van der Waals surface area contributed by atoms with Gasteiger partial charge >= 0.3 is 11.9 Å². The van der Waals surface area contributed by atoms with E-state index in [4.69, 9.17) is 19.1 Å². The van der Waals surface area contributed by atoms with Gasteiger partial charge in [0.05, 0.1) is 13.0 Å². The van der Waals surface area contributed by atoms with Crippen molar-refractivity contribution in [2.45, 2.75) is 70.3 Å². The van der Waals surface area contributed by atoms with Crippen molar-refractivity contribution in [2.75, 3.05) is 6.61 Å². The van der Waals surface area contributed by atoms with Crippen LogP contribution in [0.15, 0.2) is 0 Å². The Balaban J connectivity index is 4.14. The van der Waals surface area contributed by atoms with E-state index in [9.17, 15) is 18.0 Å². The van der Waals surface area contributed by atoms with Crippen LogP contribution in [0.4, 0.5) is 0 Å². The summed E-state index contributed by atoms with van der Waals surface area (Å²) in [4.78, 5) is 22.2. The quantitative estimate of drug-likeness (QED) is 0.222. The first kappa shape index (κ1) is 21.8. The number of rotatable bonds is 13. The normalized spacial score (nSPS) is 14.2. The van der Waals surface area contributed by atoms with Crippen LogP contribution in [0, 0.1) is 0 Å². The Kier molecular flexibility index (Phi) is 10.8. The Morgan fingerprint density at radius 1 is 1.09 bits per heavy atom. The molecule has 0 bridgehead atoms. The molecule has 0 aromatic rings. The highest BCUT2D eigenvalue weighted by Gasteiger charge is 2.35. The molecule has 0 rings (SSSR count). The van der Waals surface area contributed by atoms with Crippen LogP contribution >= 0.6 is 0 Å². The zero-order chi connectivity index (χ0) is 17.9. The molecule has 2 atom stereocenters. The van der Waals surface area contributed by atoms with E-state index < -0.39 is 40.0 Å². The van der Waals surface area contributed by atoms with Gasteiger partial charge in [0.2, 0.25) is 0 Å². The van der Waals surface area contributed by atoms with Gasteiger partial charge in [-0.3, -0.25) is 14.1 Å². The topological polar surface area (TPSA) is 127 Å². The van der Waals surface area contributed by atoms with Crippen LogP contribution in [0.25, 0.3) is 0 Å². The summed E-state index contributed by atoms with van der Waals surface area (Å²) in [6.07, 6.45) is 4.28. The van der Waals surface area contributed by atoms with Gasteiger partial charge in [0.15, 0.2) is 11.5 Å². The lowest BCUT2D eigenvalue weighted by atomic mass is 10.1. The maximum atomic E-state index is 11.6. The molecule has 8 nitrogen and oxygen atoms in total. The molecule has 2 unspecified atom stereocenters. The first-order valence-electron chi connectivity index (χ1n) is 7.68. The third kappa shape index (κ3) is 11.1. The summed E-state index contributed by atoms with van der Waals surface area (Å²) in [5, 5.41) is 6.42. The van der Waals surface area contributed by atoms with Gasteiger partial charge in [0, 0.05) is 0 Å². The molecule has 0 aliphatic heterocycles. The summed E-state index contributed by atoms with van der Waals surface area (Å²) in [6, 6.07) is 0. The minimum absolute atomic E-state index is 0.343. The van der Waals surface area contributed by atoms with Gasteiger partial charge in [0.25, 0.3) is 10.1 Å². The molecule has 23 heavy (non-hydrogen) atoms. The summed E-state index contributed by atoms with van der Waals surface area (Å²) in [5.74, 6) is -2.88. The van der Waals surface area contributed by atoms with Crippen molar-refractivity contribution in [2.24, 2.45) is 0 Å². The van der Waals surface area contributed by atoms with Gasteiger partial charge in [-0.1, -0.05) is 39.0 Å². The minimum Gasteiger partial charge on any atom is -0.481 e. The monoisotopic (exact) mass is 354 g/mol. The van der Waals surface area contributed by atoms with Crippen LogP contribution in [0.1, 0.15) is 58.8 Å². The first-order valence-corrected chi connectivity index (χ1v) is 9.19. The molecule has 0 aromatic carbocycles. The van der Waals surface area contributed by atoms with Crippen LogP contribution in [-0.4, -0.2) is 48.2 Å². The molecule has 2 N–H and O–H groups in total. The van der Waals surface area contributed by atoms with Gasteiger partial charge in [-0.05, 0) is 13.3 Å². The third-order valence-electron chi connectivity index (χ3n) is 3.12.